The van der Waals surface area contributed by atoms with Crippen LogP contribution in [0.3, 0.4) is 0 Å². The number of aromatic nitrogens is 4. The normalized spacial score (nSPS) is 10.6. The van der Waals surface area contributed by atoms with Gasteiger partial charge in [-0.2, -0.15) is 10.2 Å². The molecule has 2 aromatic heterocycles. The zero-order valence-corrected chi connectivity index (χ0v) is 15.8. The van der Waals surface area contributed by atoms with Crippen LogP contribution >= 0.6 is 15.9 Å². The fourth-order valence-electron chi connectivity index (χ4n) is 2.29. The van der Waals surface area contributed by atoms with Crippen molar-refractivity contribution in [3.05, 3.63) is 58.6 Å². The summed E-state index contributed by atoms with van der Waals surface area (Å²) in [5.41, 5.74) is 2.47. The molecule has 0 fully saturated rings. The highest BCUT2D eigenvalue weighted by molar-refractivity contribution is 9.10. The molecule has 0 atom stereocenters. The summed E-state index contributed by atoms with van der Waals surface area (Å²) in [4.78, 5) is 24.2. The number of nitrogens with one attached hydrogen (secondary N) is 2. The summed E-state index contributed by atoms with van der Waals surface area (Å²) in [5, 5.41) is 13.7. The summed E-state index contributed by atoms with van der Waals surface area (Å²) < 4.78 is 4.03. The van der Waals surface area contributed by atoms with Gasteiger partial charge in [0.05, 0.1) is 16.4 Å². The number of carbonyl (C=O) groups excluding carboxylic acids is 2. The molecule has 134 valence electrons. The third-order valence-electron chi connectivity index (χ3n) is 3.71. The zero-order valence-electron chi connectivity index (χ0n) is 14.2. The Morgan fingerprint density at radius 1 is 1.12 bits per heavy atom. The molecule has 0 bridgehead atoms. The second-order valence-corrected chi connectivity index (χ2v) is 6.54. The molecule has 0 aliphatic rings. The van der Waals surface area contributed by atoms with E-state index in [1.807, 2.05) is 6.92 Å². The Hall–Kier alpha value is -2.94. The van der Waals surface area contributed by atoms with Crippen molar-refractivity contribution in [2.24, 2.45) is 7.05 Å². The molecule has 2 amide bonds. The number of anilines is 2. The molecule has 2 heterocycles. The number of nitrogens with zero attached hydrogens (tertiary/aromatic N) is 4. The Labute approximate surface area is 158 Å². The van der Waals surface area contributed by atoms with E-state index in [9.17, 15) is 9.59 Å². The van der Waals surface area contributed by atoms with Gasteiger partial charge >= 0.3 is 0 Å². The smallest absolute Gasteiger partial charge is 0.276 e. The van der Waals surface area contributed by atoms with Crippen LogP contribution in [0.5, 0.6) is 0 Å². The van der Waals surface area contributed by atoms with Gasteiger partial charge in [0.25, 0.3) is 5.91 Å². The van der Waals surface area contributed by atoms with E-state index in [1.54, 1.807) is 59.1 Å². The molecule has 3 rings (SSSR count). The van der Waals surface area contributed by atoms with Gasteiger partial charge in [-0.15, -0.1) is 0 Å². The van der Waals surface area contributed by atoms with E-state index in [4.69, 9.17) is 0 Å². The largest absolute Gasteiger partial charge is 0.324 e. The lowest BCUT2D eigenvalue weighted by Gasteiger charge is -2.08. The first-order valence-corrected chi connectivity index (χ1v) is 8.60. The molecule has 0 saturated heterocycles. The minimum Gasteiger partial charge on any atom is -0.324 e. The van der Waals surface area contributed by atoms with E-state index in [0.717, 1.165) is 10.2 Å². The number of hydrogen-bond acceptors (Lipinski definition) is 4. The molecule has 0 aliphatic heterocycles. The van der Waals surface area contributed by atoms with E-state index in [1.165, 1.54) is 0 Å². The molecule has 8 nitrogen and oxygen atoms in total. The van der Waals surface area contributed by atoms with Crippen LogP contribution in [0.1, 0.15) is 16.2 Å². The number of rotatable bonds is 5. The molecule has 9 heteroatoms. The molecule has 0 radical (unpaired) electrons. The van der Waals surface area contributed by atoms with Crippen molar-refractivity contribution in [1.29, 1.82) is 0 Å². The highest BCUT2D eigenvalue weighted by Gasteiger charge is 2.10. The number of halogens is 1. The molecular formula is C17H17BrN6O2. The highest BCUT2D eigenvalue weighted by atomic mass is 79.9. The van der Waals surface area contributed by atoms with Gasteiger partial charge in [-0.3, -0.25) is 19.0 Å². The summed E-state index contributed by atoms with van der Waals surface area (Å²) in [6, 6.07) is 8.51. The van der Waals surface area contributed by atoms with Gasteiger partial charge in [0.1, 0.15) is 6.54 Å². The van der Waals surface area contributed by atoms with Crippen LogP contribution in [0.25, 0.3) is 0 Å². The van der Waals surface area contributed by atoms with Gasteiger partial charge in [-0.05, 0) is 53.2 Å². The van der Waals surface area contributed by atoms with Crippen LogP contribution in [0.15, 0.2) is 47.2 Å². The van der Waals surface area contributed by atoms with Crippen molar-refractivity contribution >= 4 is 39.1 Å². The fraction of sp³-hybridized carbons (Fsp3) is 0.176. The average Bonchev–Trinajstić information content (AvgIpc) is 3.17. The third-order valence-corrected chi connectivity index (χ3v) is 4.49. The van der Waals surface area contributed by atoms with Crippen LogP contribution in [0.2, 0.25) is 0 Å². The van der Waals surface area contributed by atoms with Crippen LogP contribution in [0, 0.1) is 6.92 Å². The predicted molar refractivity (Wildman–Crippen MR) is 101 cm³/mol. The number of carbonyl (C=O) groups is 2. The lowest BCUT2D eigenvalue weighted by atomic mass is 10.2. The lowest BCUT2D eigenvalue weighted by Crippen LogP contribution is -2.20. The Balaban J connectivity index is 1.58. The van der Waals surface area contributed by atoms with Crippen molar-refractivity contribution in [2.45, 2.75) is 13.5 Å². The SMILES string of the molecule is Cc1c(Br)cnn1CC(=O)Nc1ccc(NC(=O)c2ccn(C)n2)cc1. The predicted octanol–water partition coefficient (Wildman–Crippen LogP) is 2.58. The van der Waals surface area contributed by atoms with E-state index in [0.29, 0.717) is 17.1 Å². The highest BCUT2D eigenvalue weighted by Crippen LogP contribution is 2.16. The number of aryl methyl sites for hydroxylation is 1. The number of benzene rings is 1. The molecule has 0 unspecified atom stereocenters. The first-order chi connectivity index (χ1) is 12.4. The number of hydrogen-bond donors (Lipinski definition) is 2. The molecule has 26 heavy (non-hydrogen) atoms. The Bertz CT molecular complexity index is 945. The third kappa shape index (κ3) is 4.17. The molecule has 2 N–H and O–H groups in total. The topological polar surface area (TPSA) is 93.8 Å². The average molecular weight is 417 g/mol. The van der Waals surface area contributed by atoms with E-state index >= 15 is 0 Å². The van der Waals surface area contributed by atoms with Crippen molar-refractivity contribution in [1.82, 2.24) is 19.6 Å². The monoisotopic (exact) mass is 416 g/mol. The second-order valence-electron chi connectivity index (χ2n) is 5.69. The zero-order chi connectivity index (χ0) is 18.7. The standard InChI is InChI=1S/C17H17BrN6O2/c1-11-14(18)9-19-24(11)10-16(25)20-12-3-5-13(6-4-12)21-17(26)15-7-8-23(2)22-15/h3-9H,10H2,1-2H3,(H,20,25)(H,21,26). The minimum atomic E-state index is -0.290. The van der Waals surface area contributed by atoms with Crippen molar-refractivity contribution < 1.29 is 9.59 Å². The van der Waals surface area contributed by atoms with E-state index in [2.05, 4.69) is 36.8 Å². The van der Waals surface area contributed by atoms with Gasteiger partial charge < -0.3 is 10.6 Å². The maximum Gasteiger partial charge on any atom is 0.276 e. The van der Waals surface area contributed by atoms with Crippen molar-refractivity contribution in [3.63, 3.8) is 0 Å². The van der Waals surface area contributed by atoms with Gasteiger partial charge in [0.2, 0.25) is 5.91 Å². The lowest BCUT2D eigenvalue weighted by molar-refractivity contribution is -0.116. The first kappa shape index (κ1) is 17.9. The summed E-state index contributed by atoms with van der Waals surface area (Å²) in [5.74, 6) is -0.476. The Morgan fingerprint density at radius 2 is 1.77 bits per heavy atom. The Kier molecular flexibility index (Phi) is 5.17. The summed E-state index contributed by atoms with van der Waals surface area (Å²) in [6.07, 6.45) is 3.36. The van der Waals surface area contributed by atoms with Crippen molar-refractivity contribution in [3.8, 4) is 0 Å². The van der Waals surface area contributed by atoms with Gasteiger partial charge in [-0.25, -0.2) is 0 Å². The van der Waals surface area contributed by atoms with Crippen LogP contribution in [0.4, 0.5) is 11.4 Å². The van der Waals surface area contributed by atoms with E-state index < -0.39 is 0 Å². The van der Waals surface area contributed by atoms with Crippen LogP contribution in [-0.2, 0) is 18.4 Å². The first-order valence-electron chi connectivity index (χ1n) is 7.81. The number of amides is 2. The fourth-order valence-corrected chi connectivity index (χ4v) is 2.58. The van der Waals surface area contributed by atoms with Gasteiger partial charge in [-0.1, -0.05) is 0 Å². The summed E-state index contributed by atoms with van der Waals surface area (Å²) in [6.45, 7) is 2.00. The van der Waals surface area contributed by atoms with Crippen LogP contribution in [-0.4, -0.2) is 31.4 Å². The van der Waals surface area contributed by atoms with Crippen LogP contribution < -0.4 is 10.6 Å². The molecule has 0 spiro atoms. The van der Waals surface area contributed by atoms with E-state index in [-0.39, 0.29) is 18.4 Å². The summed E-state index contributed by atoms with van der Waals surface area (Å²) >= 11 is 3.36. The Morgan fingerprint density at radius 3 is 2.31 bits per heavy atom. The van der Waals surface area contributed by atoms with Crippen molar-refractivity contribution in [2.75, 3.05) is 10.6 Å². The quantitative estimate of drug-likeness (QED) is 0.668. The maximum atomic E-state index is 12.1. The molecule has 0 saturated carbocycles. The summed E-state index contributed by atoms with van der Waals surface area (Å²) in [7, 11) is 1.75. The maximum absolute atomic E-state index is 12.1. The van der Waals surface area contributed by atoms with Gasteiger partial charge in [0, 0.05) is 24.6 Å². The van der Waals surface area contributed by atoms with Gasteiger partial charge in [0.15, 0.2) is 5.69 Å². The molecule has 1 aromatic carbocycles. The molecular weight excluding hydrogens is 400 g/mol. The second kappa shape index (κ2) is 7.52. The molecule has 3 aromatic rings. The molecule has 0 aliphatic carbocycles. The minimum absolute atomic E-state index is 0.121.